The van der Waals surface area contributed by atoms with E-state index < -0.39 is 0 Å². The van der Waals surface area contributed by atoms with Gasteiger partial charge in [0.15, 0.2) is 0 Å². The van der Waals surface area contributed by atoms with Crippen molar-refractivity contribution in [3.8, 4) is 61.3 Å². The molecule has 0 N–H and O–H groups in total. The van der Waals surface area contributed by atoms with Gasteiger partial charge in [0.05, 0.1) is 11.0 Å². The molecular formula is C63H46N2. The molecule has 1 aliphatic rings. The monoisotopic (exact) mass is 830 g/mol. The molecule has 11 aromatic rings. The minimum atomic E-state index is -0.264. The Hall–Kier alpha value is -8.20. The van der Waals surface area contributed by atoms with Gasteiger partial charge in [-0.25, -0.2) is 0 Å². The van der Waals surface area contributed by atoms with Crippen molar-refractivity contribution in [1.82, 2.24) is 4.57 Å². The van der Waals surface area contributed by atoms with Gasteiger partial charge in [0.2, 0.25) is 0 Å². The van der Waals surface area contributed by atoms with Crippen LogP contribution in [0.5, 0.6) is 0 Å². The van der Waals surface area contributed by atoms with Crippen LogP contribution in [0.4, 0.5) is 17.1 Å². The predicted octanol–water partition coefficient (Wildman–Crippen LogP) is 17.2. The van der Waals surface area contributed by atoms with E-state index in [1.807, 2.05) is 0 Å². The van der Waals surface area contributed by atoms with Crippen molar-refractivity contribution in [3.05, 3.63) is 254 Å². The van der Waals surface area contributed by atoms with Gasteiger partial charge in [-0.05, 0) is 127 Å². The summed E-state index contributed by atoms with van der Waals surface area (Å²) in [5.74, 6) is 0. The Bertz CT molecular complexity index is 3370. The molecule has 0 saturated carbocycles. The topological polar surface area (TPSA) is 8.17 Å². The largest absolute Gasteiger partial charge is 0.310 e. The summed E-state index contributed by atoms with van der Waals surface area (Å²) in [6.45, 7) is 4.79. The van der Waals surface area contributed by atoms with Gasteiger partial charge >= 0.3 is 0 Å². The summed E-state index contributed by atoms with van der Waals surface area (Å²) in [6, 6.07) is 88.9. The number of hydrogen-bond donors (Lipinski definition) is 0. The fourth-order valence-electron chi connectivity index (χ4n) is 10.4. The maximum Gasteiger partial charge on any atom is 0.0541 e. The molecule has 0 amide bonds. The summed E-state index contributed by atoms with van der Waals surface area (Å²) in [5, 5.41) is 2.55. The number of anilines is 3. The van der Waals surface area contributed by atoms with Crippen molar-refractivity contribution in [2.75, 3.05) is 4.90 Å². The molecular weight excluding hydrogens is 785 g/mol. The lowest BCUT2D eigenvalue weighted by molar-refractivity contribution is 0.660. The molecule has 12 rings (SSSR count). The second kappa shape index (κ2) is 15.6. The second-order valence-corrected chi connectivity index (χ2v) is 17.7. The lowest BCUT2D eigenvalue weighted by Crippen LogP contribution is -2.17. The van der Waals surface area contributed by atoms with Gasteiger partial charge < -0.3 is 9.47 Å². The van der Waals surface area contributed by atoms with Crippen molar-refractivity contribution >= 4 is 38.9 Å². The molecule has 0 radical (unpaired) electrons. The maximum absolute atomic E-state index is 2.46. The molecule has 0 bridgehead atoms. The van der Waals surface area contributed by atoms with E-state index in [0.29, 0.717) is 0 Å². The third-order valence-electron chi connectivity index (χ3n) is 13.6. The molecule has 1 heterocycles. The standard InChI is InChI=1S/C63H46N2/c1-63(2)59-41-49(33-37-53(59)54-38-34-50(42-60(54)63)65-61-29-17-15-27-55(61)56-28-16-18-30-62(56)65)64(47-31-35-51(43-19-7-3-8-20-43)57(39-47)45-23-11-5-12-24-45)48-32-36-52(44-21-9-4-10-22-44)58(40-48)46-25-13-6-14-26-46/h3-42H,1-2H3. The van der Waals surface area contributed by atoms with Crippen molar-refractivity contribution < 1.29 is 0 Å². The third kappa shape index (κ3) is 6.49. The van der Waals surface area contributed by atoms with Crippen LogP contribution >= 0.6 is 0 Å². The Labute approximate surface area is 381 Å². The molecule has 0 saturated heterocycles. The summed E-state index contributed by atoms with van der Waals surface area (Å²) >= 11 is 0. The Kier molecular flexibility index (Phi) is 9.21. The SMILES string of the molecule is CC1(C)c2cc(N(c3ccc(-c4ccccc4)c(-c4ccccc4)c3)c3ccc(-c4ccccc4)c(-c4ccccc4)c3)ccc2-c2ccc(-n3c4ccccc4c4ccccc43)cc21. The summed E-state index contributed by atoms with van der Waals surface area (Å²) in [4.78, 5) is 2.46. The average molecular weight is 831 g/mol. The zero-order valence-corrected chi connectivity index (χ0v) is 36.5. The number of rotatable bonds is 8. The minimum Gasteiger partial charge on any atom is -0.310 e. The average Bonchev–Trinajstić information content (AvgIpc) is 3.82. The van der Waals surface area contributed by atoms with Crippen LogP contribution in [0.1, 0.15) is 25.0 Å². The van der Waals surface area contributed by atoms with Crippen LogP contribution < -0.4 is 4.90 Å². The Balaban J connectivity index is 1.05. The van der Waals surface area contributed by atoms with E-state index in [4.69, 9.17) is 0 Å². The van der Waals surface area contributed by atoms with Crippen molar-refractivity contribution in [2.24, 2.45) is 0 Å². The summed E-state index contributed by atoms with van der Waals surface area (Å²) in [7, 11) is 0. The first-order valence-electron chi connectivity index (χ1n) is 22.6. The Morgan fingerprint density at radius 1 is 0.308 bits per heavy atom. The van der Waals surface area contributed by atoms with Gasteiger partial charge in [-0.3, -0.25) is 0 Å². The van der Waals surface area contributed by atoms with E-state index in [2.05, 4.69) is 266 Å². The normalized spacial score (nSPS) is 12.6. The first-order valence-corrected chi connectivity index (χ1v) is 22.6. The van der Waals surface area contributed by atoms with E-state index in [-0.39, 0.29) is 5.41 Å². The van der Waals surface area contributed by atoms with Gasteiger partial charge in [-0.1, -0.05) is 196 Å². The smallest absolute Gasteiger partial charge is 0.0541 e. The number of fused-ring (bicyclic) bond motifs is 6. The van der Waals surface area contributed by atoms with Crippen LogP contribution in [-0.4, -0.2) is 4.57 Å². The van der Waals surface area contributed by atoms with E-state index in [1.54, 1.807) is 0 Å². The minimum absolute atomic E-state index is 0.264. The van der Waals surface area contributed by atoms with Crippen LogP contribution in [0.3, 0.4) is 0 Å². The zero-order chi connectivity index (χ0) is 43.5. The number of nitrogens with zero attached hydrogens (tertiary/aromatic N) is 2. The number of hydrogen-bond acceptors (Lipinski definition) is 1. The van der Waals surface area contributed by atoms with Crippen LogP contribution in [-0.2, 0) is 5.41 Å². The summed E-state index contributed by atoms with van der Waals surface area (Å²) in [6.07, 6.45) is 0. The first-order chi connectivity index (χ1) is 32.0. The zero-order valence-electron chi connectivity index (χ0n) is 36.5. The van der Waals surface area contributed by atoms with E-state index in [9.17, 15) is 0 Å². The lowest BCUT2D eigenvalue weighted by atomic mass is 9.82. The van der Waals surface area contributed by atoms with Gasteiger partial charge in [-0.2, -0.15) is 0 Å². The van der Waals surface area contributed by atoms with Crippen LogP contribution in [0.2, 0.25) is 0 Å². The molecule has 2 nitrogen and oxygen atoms in total. The number of benzene rings is 10. The molecule has 0 spiro atoms. The Morgan fingerprint density at radius 2 is 0.662 bits per heavy atom. The van der Waals surface area contributed by atoms with Gasteiger partial charge in [0.1, 0.15) is 0 Å². The number of aromatic nitrogens is 1. The number of para-hydroxylation sites is 2. The van der Waals surface area contributed by atoms with Crippen molar-refractivity contribution in [1.29, 1.82) is 0 Å². The van der Waals surface area contributed by atoms with Crippen LogP contribution in [0, 0.1) is 0 Å². The molecule has 65 heavy (non-hydrogen) atoms. The van der Waals surface area contributed by atoms with Crippen molar-refractivity contribution in [2.45, 2.75) is 19.3 Å². The molecule has 10 aromatic carbocycles. The lowest BCUT2D eigenvalue weighted by Gasteiger charge is -2.30. The molecule has 0 fully saturated rings. The molecule has 0 atom stereocenters. The van der Waals surface area contributed by atoms with Crippen LogP contribution in [0.15, 0.2) is 243 Å². The molecule has 1 aromatic heterocycles. The summed E-state index contributed by atoms with van der Waals surface area (Å²) < 4.78 is 2.43. The highest BCUT2D eigenvalue weighted by Gasteiger charge is 2.37. The van der Waals surface area contributed by atoms with Crippen LogP contribution in [0.25, 0.3) is 83.1 Å². The van der Waals surface area contributed by atoms with Crippen molar-refractivity contribution in [3.63, 3.8) is 0 Å². The highest BCUT2D eigenvalue weighted by atomic mass is 15.1. The molecule has 308 valence electrons. The molecule has 0 aliphatic heterocycles. The summed E-state index contributed by atoms with van der Waals surface area (Å²) in [5.41, 5.74) is 21.5. The highest BCUT2D eigenvalue weighted by Crippen LogP contribution is 2.52. The van der Waals surface area contributed by atoms with Gasteiger partial charge in [-0.15, -0.1) is 0 Å². The highest BCUT2D eigenvalue weighted by molar-refractivity contribution is 6.09. The Morgan fingerprint density at radius 3 is 1.12 bits per heavy atom. The molecule has 0 unspecified atom stereocenters. The van der Waals surface area contributed by atoms with Gasteiger partial charge in [0, 0.05) is 38.9 Å². The first kappa shape index (κ1) is 38.5. The fourth-order valence-corrected chi connectivity index (χ4v) is 10.4. The predicted molar refractivity (Wildman–Crippen MR) is 275 cm³/mol. The quantitative estimate of drug-likeness (QED) is 0.148. The second-order valence-electron chi connectivity index (χ2n) is 17.7. The van der Waals surface area contributed by atoms with E-state index >= 15 is 0 Å². The van der Waals surface area contributed by atoms with Gasteiger partial charge in [0.25, 0.3) is 0 Å². The fraction of sp³-hybridized carbons (Fsp3) is 0.0476. The maximum atomic E-state index is 2.46. The van der Waals surface area contributed by atoms with E-state index in [1.165, 1.54) is 94.3 Å². The van der Waals surface area contributed by atoms with E-state index in [0.717, 1.165) is 17.1 Å². The third-order valence-corrected chi connectivity index (χ3v) is 13.6. The molecule has 1 aliphatic carbocycles. The molecule has 2 heteroatoms.